The minimum atomic E-state index is -0.135. The van der Waals surface area contributed by atoms with E-state index in [0.717, 1.165) is 12.8 Å². The van der Waals surface area contributed by atoms with Crippen molar-refractivity contribution in [2.24, 2.45) is 11.1 Å². The minimum absolute atomic E-state index is 0.135. The lowest BCUT2D eigenvalue weighted by Crippen LogP contribution is -2.46. The summed E-state index contributed by atoms with van der Waals surface area (Å²) >= 11 is 0. The van der Waals surface area contributed by atoms with E-state index >= 15 is 0 Å². The van der Waals surface area contributed by atoms with Gasteiger partial charge in [-0.25, -0.2) is 0 Å². The Morgan fingerprint density at radius 3 is 2.50 bits per heavy atom. The minimum Gasteiger partial charge on any atom is -0.321 e. The predicted molar refractivity (Wildman–Crippen MR) is 60.1 cm³/mol. The summed E-state index contributed by atoms with van der Waals surface area (Å²) in [6.45, 7) is 6.69. The van der Waals surface area contributed by atoms with E-state index in [0.29, 0.717) is 0 Å². The second-order valence-electron chi connectivity index (χ2n) is 5.38. The van der Waals surface area contributed by atoms with Gasteiger partial charge in [-0.1, -0.05) is 45.0 Å². The molecule has 2 N–H and O–H groups in total. The average Bonchev–Trinajstić information content (AvgIpc) is 2.45. The van der Waals surface area contributed by atoms with Crippen LogP contribution in [0.2, 0.25) is 0 Å². The van der Waals surface area contributed by atoms with Gasteiger partial charge in [-0.15, -0.1) is 0 Å². The number of rotatable bonds is 0. The van der Waals surface area contributed by atoms with Crippen molar-refractivity contribution in [1.82, 2.24) is 0 Å². The number of benzene rings is 1. The Hall–Kier alpha value is -0.820. The largest absolute Gasteiger partial charge is 0.321 e. The van der Waals surface area contributed by atoms with E-state index in [9.17, 15) is 0 Å². The van der Waals surface area contributed by atoms with Crippen molar-refractivity contribution in [3.05, 3.63) is 35.4 Å². The number of fused-ring (bicyclic) bond motifs is 1. The summed E-state index contributed by atoms with van der Waals surface area (Å²) in [6, 6.07) is 8.59. The first-order chi connectivity index (χ1) is 6.45. The Labute approximate surface area is 86.3 Å². The zero-order chi connectivity index (χ0) is 10.4. The van der Waals surface area contributed by atoms with Crippen LogP contribution in [0.5, 0.6) is 0 Å². The standard InChI is InChI=1S/C13H19N/c1-12(2,3)13(14)9-8-10-6-4-5-7-11(10)13/h4-7H,8-9,14H2,1-3H3. The molecule has 76 valence electrons. The van der Waals surface area contributed by atoms with Crippen LogP contribution >= 0.6 is 0 Å². The van der Waals surface area contributed by atoms with Gasteiger partial charge < -0.3 is 5.73 Å². The van der Waals surface area contributed by atoms with Gasteiger partial charge in [0, 0.05) is 5.54 Å². The van der Waals surface area contributed by atoms with Crippen molar-refractivity contribution < 1.29 is 0 Å². The van der Waals surface area contributed by atoms with E-state index in [2.05, 4.69) is 45.0 Å². The summed E-state index contributed by atoms with van der Waals surface area (Å²) in [5, 5.41) is 0. The van der Waals surface area contributed by atoms with E-state index in [1.807, 2.05) is 0 Å². The molecule has 1 aliphatic carbocycles. The molecule has 0 amide bonds. The van der Waals surface area contributed by atoms with Gasteiger partial charge in [-0.3, -0.25) is 0 Å². The highest BCUT2D eigenvalue weighted by Gasteiger charge is 2.43. The van der Waals surface area contributed by atoms with Gasteiger partial charge in [0.25, 0.3) is 0 Å². The molecule has 1 heteroatoms. The molecule has 1 aliphatic rings. The highest BCUT2D eigenvalue weighted by molar-refractivity contribution is 5.39. The van der Waals surface area contributed by atoms with Crippen LogP contribution in [-0.4, -0.2) is 0 Å². The number of hydrogen-bond donors (Lipinski definition) is 1. The van der Waals surface area contributed by atoms with E-state index in [1.165, 1.54) is 11.1 Å². The predicted octanol–water partition coefficient (Wildman–Crippen LogP) is 2.83. The number of aryl methyl sites for hydroxylation is 1. The first-order valence-electron chi connectivity index (χ1n) is 5.32. The molecule has 1 unspecified atom stereocenters. The fourth-order valence-corrected chi connectivity index (χ4v) is 2.42. The van der Waals surface area contributed by atoms with Crippen LogP contribution in [0.4, 0.5) is 0 Å². The maximum Gasteiger partial charge on any atom is 0.0464 e. The molecule has 1 nitrogen and oxygen atoms in total. The summed E-state index contributed by atoms with van der Waals surface area (Å²) < 4.78 is 0. The average molecular weight is 189 g/mol. The topological polar surface area (TPSA) is 26.0 Å². The Morgan fingerprint density at radius 1 is 1.21 bits per heavy atom. The molecule has 0 aromatic heterocycles. The van der Waals surface area contributed by atoms with Crippen LogP contribution < -0.4 is 5.73 Å². The summed E-state index contributed by atoms with van der Waals surface area (Å²) in [7, 11) is 0. The molecule has 0 heterocycles. The lowest BCUT2D eigenvalue weighted by atomic mass is 9.71. The van der Waals surface area contributed by atoms with Gasteiger partial charge in [0.05, 0.1) is 0 Å². The Balaban J connectivity index is 2.53. The molecule has 0 radical (unpaired) electrons. The molecule has 0 saturated heterocycles. The molecule has 0 aliphatic heterocycles. The second kappa shape index (κ2) is 2.83. The van der Waals surface area contributed by atoms with E-state index in [4.69, 9.17) is 5.73 Å². The van der Waals surface area contributed by atoms with Gasteiger partial charge in [0.15, 0.2) is 0 Å². The number of nitrogens with two attached hydrogens (primary N) is 1. The van der Waals surface area contributed by atoms with Crippen LogP contribution in [0, 0.1) is 5.41 Å². The van der Waals surface area contributed by atoms with Gasteiger partial charge in [0.2, 0.25) is 0 Å². The van der Waals surface area contributed by atoms with Gasteiger partial charge >= 0.3 is 0 Å². The highest BCUT2D eigenvalue weighted by atomic mass is 14.8. The van der Waals surface area contributed by atoms with Crippen molar-refractivity contribution in [1.29, 1.82) is 0 Å². The molecule has 1 aromatic rings. The third-order valence-electron chi connectivity index (χ3n) is 3.63. The van der Waals surface area contributed by atoms with Crippen molar-refractivity contribution in [3.63, 3.8) is 0 Å². The normalized spacial score (nSPS) is 26.3. The number of hydrogen-bond acceptors (Lipinski definition) is 1. The third-order valence-corrected chi connectivity index (χ3v) is 3.63. The van der Waals surface area contributed by atoms with Gasteiger partial charge in [-0.2, -0.15) is 0 Å². The van der Waals surface area contributed by atoms with Gasteiger partial charge in [0.1, 0.15) is 0 Å². The molecular formula is C13H19N. The molecule has 1 atom stereocenters. The lowest BCUT2D eigenvalue weighted by Gasteiger charge is -2.39. The second-order valence-corrected chi connectivity index (χ2v) is 5.38. The fourth-order valence-electron chi connectivity index (χ4n) is 2.42. The van der Waals surface area contributed by atoms with Crippen molar-refractivity contribution in [2.45, 2.75) is 39.2 Å². The monoisotopic (exact) mass is 189 g/mol. The van der Waals surface area contributed by atoms with Crippen LogP contribution in [0.3, 0.4) is 0 Å². The van der Waals surface area contributed by atoms with E-state index in [-0.39, 0.29) is 11.0 Å². The SMILES string of the molecule is CC(C)(C)C1(N)CCc2ccccc21. The summed E-state index contributed by atoms with van der Waals surface area (Å²) in [6.07, 6.45) is 2.21. The molecule has 0 saturated carbocycles. The molecule has 1 aromatic carbocycles. The van der Waals surface area contributed by atoms with E-state index in [1.54, 1.807) is 0 Å². The van der Waals surface area contributed by atoms with Crippen LogP contribution in [0.15, 0.2) is 24.3 Å². The molecule has 14 heavy (non-hydrogen) atoms. The summed E-state index contributed by atoms with van der Waals surface area (Å²) in [5.41, 5.74) is 9.34. The summed E-state index contributed by atoms with van der Waals surface area (Å²) in [4.78, 5) is 0. The lowest BCUT2D eigenvalue weighted by molar-refractivity contribution is 0.188. The van der Waals surface area contributed by atoms with Crippen molar-refractivity contribution in [2.75, 3.05) is 0 Å². The maximum absolute atomic E-state index is 6.55. The highest BCUT2D eigenvalue weighted by Crippen LogP contribution is 2.46. The van der Waals surface area contributed by atoms with Crippen molar-refractivity contribution >= 4 is 0 Å². The Bertz CT molecular complexity index is 348. The van der Waals surface area contributed by atoms with Crippen LogP contribution in [0.1, 0.15) is 38.3 Å². The van der Waals surface area contributed by atoms with Crippen LogP contribution in [0.25, 0.3) is 0 Å². The molecule has 0 spiro atoms. The quantitative estimate of drug-likeness (QED) is 0.667. The molecule has 2 rings (SSSR count). The Morgan fingerprint density at radius 2 is 1.86 bits per heavy atom. The van der Waals surface area contributed by atoms with Crippen molar-refractivity contribution in [3.8, 4) is 0 Å². The fraction of sp³-hybridized carbons (Fsp3) is 0.538. The molecule has 0 fully saturated rings. The van der Waals surface area contributed by atoms with Crippen LogP contribution in [-0.2, 0) is 12.0 Å². The molecule has 0 bridgehead atoms. The first-order valence-corrected chi connectivity index (χ1v) is 5.32. The zero-order valence-electron chi connectivity index (χ0n) is 9.30. The third kappa shape index (κ3) is 1.19. The molecular weight excluding hydrogens is 170 g/mol. The Kier molecular flexibility index (Phi) is 1.97. The first kappa shape index (κ1) is 9.72. The smallest absolute Gasteiger partial charge is 0.0464 e. The summed E-state index contributed by atoms with van der Waals surface area (Å²) in [5.74, 6) is 0. The van der Waals surface area contributed by atoms with Gasteiger partial charge in [-0.05, 0) is 29.4 Å². The zero-order valence-corrected chi connectivity index (χ0v) is 9.30. The maximum atomic E-state index is 6.55. The van der Waals surface area contributed by atoms with E-state index < -0.39 is 0 Å².